The Balaban J connectivity index is 1.94. The number of ether oxygens (including phenoxy) is 1. The van der Waals surface area contributed by atoms with Crippen LogP contribution in [0.4, 0.5) is 0 Å². The maximum Gasteiger partial charge on any atom is 0.397 e. The topological polar surface area (TPSA) is 46.6 Å². The van der Waals surface area contributed by atoms with Crippen LogP contribution in [0.1, 0.15) is 46.5 Å². The van der Waals surface area contributed by atoms with Gasteiger partial charge in [0.1, 0.15) is 6.10 Å². The lowest BCUT2D eigenvalue weighted by Gasteiger charge is -2.37. The molecule has 1 aliphatic heterocycles. The van der Waals surface area contributed by atoms with Gasteiger partial charge < -0.3 is 9.64 Å². The third-order valence-corrected chi connectivity index (χ3v) is 4.54. The second-order valence-electron chi connectivity index (χ2n) is 6.42. The molecule has 0 radical (unpaired) electrons. The van der Waals surface area contributed by atoms with Gasteiger partial charge in [0.15, 0.2) is 0 Å². The molecule has 108 valence electrons. The molecule has 3 unspecified atom stereocenters. The van der Waals surface area contributed by atoms with E-state index in [9.17, 15) is 9.59 Å². The standard InChI is InChI=1S/C15H25NO3/c1-10(2)12-6-5-11(3)9-13(12)19-15(18)14(17)16-7-4-8-16/h10-13H,4-9H2,1-3H3. The van der Waals surface area contributed by atoms with Crippen molar-refractivity contribution in [3.63, 3.8) is 0 Å². The van der Waals surface area contributed by atoms with Gasteiger partial charge in [-0.25, -0.2) is 4.79 Å². The summed E-state index contributed by atoms with van der Waals surface area (Å²) in [6.45, 7) is 7.91. The predicted molar refractivity (Wildman–Crippen MR) is 72.4 cm³/mol. The molecule has 1 heterocycles. The molecule has 19 heavy (non-hydrogen) atoms. The van der Waals surface area contributed by atoms with Crippen LogP contribution in [0, 0.1) is 17.8 Å². The molecule has 3 atom stereocenters. The second-order valence-corrected chi connectivity index (χ2v) is 6.42. The Bertz CT molecular complexity index is 349. The van der Waals surface area contributed by atoms with Crippen molar-refractivity contribution in [2.24, 2.45) is 17.8 Å². The molecule has 1 aliphatic carbocycles. The summed E-state index contributed by atoms with van der Waals surface area (Å²) >= 11 is 0. The number of likely N-dealkylation sites (tertiary alicyclic amines) is 1. The highest BCUT2D eigenvalue weighted by atomic mass is 16.6. The predicted octanol–water partition coefficient (Wildman–Crippen LogP) is 2.22. The lowest BCUT2D eigenvalue weighted by molar-refractivity contribution is -0.170. The minimum Gasteiger partial charge on any atom is -0.455 e. The quantitative estimate of drug-likeness (QED) is 0.569. The number of hydrogen-bond acceptors (Lipinski definition) is 3. The number of hydrogen-bond donors (Lipinski definition) is 0. The van der Waals surface area contributed by atoms with Crippen molar-refractivity contribution < 1.29 is 14.3 Å². The van der Waals surface area contributed by atoms with Crippen LogP contribution in [0.2, 0.25) is 0 Å². The summed E-state index contributed by atoms with van der Waals surface area (Å²) in [6.07, 6.45) is 4.09. The van der Waals surface area contributed by atoms with E-state index in [0.29, 0.717) is 30.8 Å². The van der Waals surface area contributed by atoms with E-state index in [0.717, 1.165) is 19.3 Å². The Morgan fingerprint density at radius 2 is 1.89 bits per heavy atom. The Hall–Kier alpha value is -1.06. The molecular formula is C15H25NO3. The van der Waals surface area contributed by atoms with Crippen molar-refractivity contribution in [1.82, 2.24) is 4.90 Å². The molecule has 1 saturated carbocycles. The van der Waals surface area contributed by atoms with Crippen LogP contribution in [0.5, 0.6) is 0 Å². The number of carbonyl (C=O) groups excluding carboxylic acids is 2. The normalized spacial score (nSPS) is 30.9. The molecule has 2 aliphatic rings. The monoisotopic (exact) mass is 267 g/mol. The Morgan fingerprint density at radius 3 is 2.42 bits per heavy atom. The van der Waals surface area contributed by atoms with E-state index in [-0.39, 0.29) is 6.10 Å². The van der Waals surface area contributed by atoms with Gasteiger partial charge in [-0.2, -0.15) is 0 Å². The fourth-order valence-corrected chi connectivity index (χ4v) is 3.09. The fraction of sp³-hybridized carbons (Fsp3) is 0.867. The van der Waals surface area contributed by atoms with E-state index in [4.69, 9.17) is 4.74 Å². The van der Waals surface area contributed by atoms with Gasteiger partial charge in [-0.3, -0.25) is 4.79 Å². The molecule has 0 N–H and O–H groups in total. The Labute approximate surface area is 115 Å². The Morgan fingerprint density at radius 1 is 1.21 bits per heavy atom. The second kappa shape index (κ2) is 5.93. The van der Waals surface area contributed by atoms with E-state index >= 15 is 0 Å². The largest absolute Gasteiger partial charge is 0.455 e. The summed E-state index contributed by atoms with van der Waals surface area (Å²) in [6, 6.07) is 0. The zero-order valence-corrected chi connectivity index (χ0v) is 12.2. The van der Waals surface area contributed by atoms with Gasteiger partial charge in [0.05, 0.1) is 0 Å². The summed E-state index contributed by atoms with van der Waals surface area (Å²) in [5.74, 6) is 0.358. The maximum atomic E-state index is 11.9. The molecule has 0 bridgehead atoms. The first-order valence-corrected chi connectivity index (χ1v) is 7.49. The van der Waals surface area contributed by atoms with Crippen LogP contribution in [0.25, 0.3) is 0 Å². The highest BCUT2D eigenvalue weighted by molar-refractivity contribution is 6.32. The van der Waals surface area contributed by atoms with Gasteiger partial charge in [-0.15, -0.1) is 0 Å². The third-order valence-electron chi connectivity index (χ3n) is 4.54. The molecular weight excluding hydrogens is 242 g/mol. The molecule has 2 rings (SSSR count). The lowest BCUT2D eigenvalue weighted by Crippen LogP contribution is -2.48. The minimum atomic E-state index is -0.649. The van der Waals surface area contributed by atoms with Gasteiger partial charge in [0.25, 0.3) is 0 Å². The van der Waals surface area contributed by atoms with Crippen molar-refractivity contribution in [2.75, 3.05) is 13.1 Å². The highest BCUT2D eigenvalue weighted by Crippen LogP contribution is 2.35. The number of carbonyl (C=O) groups is 2. The van der Waals surface area contributed by atoms with Gasteiger partial charge in [-0.1, -0.05) is 27.2 Å². The number of rotatable bonds is 2. The molecule has 0 aromatic heterocycles. The summed E-state index contributed by atoms with van der Waals surface area (Å²) < 4.78 is 5.52. The van der Waals surface area contributed by atoms with Crippen molar-refractivity contribution >= 4 is 11.9 Å². The molecule has 0 aromatic rings. The highest BCUT2D eigenvalue weighted by Gasteiger charge is 2.36. The van der Waals surface area contributed by atoms with Gasteiger partial charge in [0, 0.05) is 13.1 Å². The molecule has 1 saturated heterocycles. The average molecular weight is 267 g/mol. The van der Waals surface area contributed by atoms with Crippen LogP contribution < -0.4 is 0 Å². The van der Waals surface area contributed by atoms with E-state index in [1.165, 1.54) is 6.42 Å². The molecule has 4 heteroatoms. The smallest absolute Gasteiger partial charge is 0.397 e. The van der Waals surface area contributed by atoms with Crippen LogP contribution in [-0.2, 0) is 14.3 Å². The first-order chi connectivity index (χ1) is 8.99. The van der Waals surface area contributed by atoms with Crippen LogP contribution in [-0.4, -0.2) is 36.0 Å². The van der Waals surface area contributed by atoms with Crippen LogP contribution >= 0.6 is 0 Å². The van der Waals surface area contributed by atoms with Gasteiger partial charge in [-0.05, 0) is 37.0 Å². The average Bonchev–Trinajstić information content (AvgIpc) is 2.26. The van der Waals surface area contributed by atoms with Crippen molar-refractivity contribution in [1.29, 1.82) is 0 Å². The molecule has 0 aromatic carbocycles. The lowest BCUT2D eigenvalue weighted by atomic mass is 9.75. The number of amides is 1. The summed E-state index contributed by atoms with van der Waals surface area (Å²) in [5.41, 5.74) is 0. The Kier molecular flexibility index (Phi) is 4.48. The van der Waals surface area contributed by atoms with Crippen molar-refractivity contribution in [2.45, 2.75) is 52.6 Å². The van der Waals surface area contributed by atoms with Crippen LogP contribution in [0.3, 0.4) is 0 Å². The van der Waals surface area contributed by atoms with Gasteiger partial charge in [0.2, 0.25) is 0 Å². The minimum absolute atomic E-state index is 0.0820. The van der Waals surface area contributed by atoms with E-state index in [1.54, 1.807) is 4.90 Å². The zero-order valence-electron chi connectivity index (χ0n) is 12.2. The van der Waals surface area contributed by atoms with Crippen molar-refractivity contribution in [3.05, 3.63) is 0 Å². The van der Waals surface area contributed by atoms with E-state index in [2.05, 4.69) is 20.8 Å². The molecule has 1 amide bonds. The van der Waals surface area contributed by atoms with E-state index < -0.39 is 11.9 Å². The first-order valence-electron chi connectivity index (χ1n) is 7.49. The first kappa shape index (κ1) is 14.4. The molecule has 0 spiro atoms. The van der Waals surface area contributed by atoms with Crippen LogP contribution in [0.15, 0.2) is 0 Å². The number of nitrogens with zero attached hydrogens (tertiary/aromatic N) is 1. The third kappa shape index (κ3) is 3.28. The summed E-state index contributed by atoms with van der Waals surface area (Å²) in [4.78, 5) is 25.3. The van der Waals surface area contributed by atoms with E-state index in [1.807, 2.05) is 0 Å². The van der Waals surface area contributed by atoms with Gasteiger partial charge >= 0.3 is 11.9 Å². The maximum absolute atomic E-state index is 11.9. The number of esters is 1. The summed E-state index contributed by atoms with van der Waals surface area (Å²) in [7, 11) is 0. The fourth-order valence-electron chi connectivity index (χ4n) is 3.09. The SMILES string of the molecule is CC1CCC(C(C)C)C(OC(=O)C(=O)N2CCC2)C1. The molecule has 2 fully saturated rings. The molecule has 4 nitrogen and oxygen atoms in total. The summed E-state index contributed by atoms with van der Waals surface area (Å²) in [5, 5.41) is 0. The zero-order chi connectivity index (χ0) is 14.0. The van der Waals surface area contributed by atoms with Crippen molar-refractivity contribution in [3.8, 4) is 0 Å².